The number of ketones is 1. The smallest absolute Gasteiger partial charge is 0.371 e. The molecule has 0 aromatic carbocycles. The van der Waals surface area contributed by atoms with Gasteiger partial charge in [-0.2, -0.15) is 0 Å². The van der Waals surface area contributed by atoms with Crippen LogP contribution in [0.5, 0.6) is 0 Å². The van der Waals surface area contributed by atoms with Crippen molar-refractivity contribution in [3.05, 3.63) is 0 Å². The largest absolute Gasteiger partial charge is 0.480 e. The Morgan fingerprint density at radius 1 is 0.850 bits per heavy atom. The maximum atomic E-state index is 10.0. The van der Waals surface area contributed by atoms with Crippen LogP contribution >= 0.6 is 0 Å². The van der Waals surface area contributed by atoms with Gasteiger partial charge in [0.25, 0.3) is 0 Å². The highest BCUT2D eigenvalue weighted by atomic mass is 16.4. The molecule has 0 heterocycles. The van der Waals surface area contributed by atoms with E-state index in [0.717, 1.165) is 6.92 Å². The van der Waals surface area contributed by atoms with Crippen LogP contribution in [-0.2, 0) is 19.2 Å². The van der Waals surface area contributed by atoms with Gasteiger partial charge in [0.05, 0.1) is 0 Å². The van der Waals surface area contributed by atoms with E-state index in [0.29, 0.717) is 0 Å². The first-order chi connectivity index (χ1) is 8.84. The maximum Gasteiger partial charge on any atom is 0.371 e. The van der Waals surface area contributed by atoms with Crippen LogP contribution in [0.4, 0.5) is 0 Å². The average Bonchev–Trinajstić information content (AvgIpc) is 2.28. The minimum atomic E-state index is -1.38. The van der Waals surface area contributed by atoms with Crippen molar-refractivity contribution in [2.24, 2.45) is 17.4 Å². The molecule has 0 radical (unpaired) electrons. The third-order valence-corrected chi connectivity index (χ3v) is 1.69. The minimum Gasteiger partial charge on any atom is -0.480 e. The number of hydrogen-bond acceptors (Lipinski definition) is 6. The molecule has 0 saturated heterocycles. The molecule has 118 valence electrons. The number of aliphatic carboxylic acids is 3. The molecule has 2 atom stereocenters. The topological polar surface area (TPSA) is 181 Å². The molecule has 0 aliphatic heterocycles. The van der Waals surface area contributed by atoms with Crippen LogP contribution in [0.2, 0.25) is 0 Å². The quantitative estimate of drug-likeness (QED) is 0.411. The number of carboxylic acid groups (broad SMARTS) is 3. The average molecular weight is 294 g/mol. The van der Waals surface area contributed by atoms with Gasteiger partial charge in [0.1, 0.15) is 12.1 Å². The zero-order valence-electron chi connectivity index (χ0n) is 11.9. The zero-order valence-corrected chi connectivity index (χ0v) is 11.9. The van der Waals surface area contributed by atoms with E-state index in [1.165, 1.54) is 6.92 Å². The molecule has 0 fully saturated rings. The van der Waals surface area contributed by atoms with Crippen molar-refractivity contribution < 1.29 is 34.5 Å². The van der Waals surface area contributed by atoms with E-state index in [1.54, 1.807) is 13.8 Å². The molecule has 0 bridgehead atoms. The van der Waals surface area contributed by atoms with Crippen molar-refractivity contribution in [1.82, 2.24) is 0 Å². The normalized spacial score (nSPS) is 11.9. The van der Waals surface area contributed by atoms with E-state index in [4.69, 9.17) is 26.8 Å². The summed E-state index contributed by atoms with van der Waals surface area (Å²) in [5, 5.41) is 23.7. The second-order valence-corrected chi connectivity index (χ2v) is 4.10. The number of rotatable bonds is 4. The molecule has 0 aromatic rings. The van der Waals surface area contributed by atoms with E-state index < -0.39 is 35.8 Å². The van der Waals surface area contributed by atoms with E-state index in [1.807, 2.05) is 0 Å². The SMILES string of the molecule is CC(=O)C(=O)O.CC(C)[C@H](N)C(=O)O.C[C@H](N)C(=O)O. The Kier molecular flexibility index (Phi) is 13.9. The fraction of sp³-hybridized carbons (Fsp3) is 0.636. The van der Waals surface area contributed by atoms with Crippen LogP contribution in [0.25, 0.3) is 0 Å². The number of hydrogen-bond donors (Lipinski definition) is 5. The summed E-state index contributed by atoms with van der Waals surface area (Å²) in [6.07, 6.45) is 0. The van der Waals surface area contributed by atoms with Gasteiger partial charge >= 0.3 is 17.9 Å². The van der Waals surface area contributed by atoms with Gasteiger partial charge in [-0.05, 0) is 12.8 Å². The molecule has 20 heavy (non-hydrogen) atoms. The first kappa shape index (κ1) is 23.1. The second kappa shape index (κ2) is 12.1. The molecular formula is C11H22N2O7. The van der Waals surface area contributed by atoms with Gasteiger partial charge in [-0.1, -0.05) is 13.8 Å². The minimum absolute atomic E-state index is 0.0208. The van der Waals surface area contributed by atoms with Crippen molar-refractivity contribution in [1.29, 1.82) is 0 Å². The standard InChI is InChI=1S/C5H11NO2.C3H7NO2.C3H4O3/c1-3(2)4(6)5(7)8;2*1-2(4)3(5)6/h3-4H,6H2,1-2H3,(H,7,8);2H,4H2,1H3,(H,5,6);1H3,(H,5,6)/t4-;2-;/m00./s1. The fourth-order valence-electron chi connectivity index (χ4n) is 0.285. The lowest BCUT2D eigenvalue weighted by Gasteiger charge is -2.07. The Morgan fingerprint density at radius 3 is 1.10 bits per heavy atom. The van der Waals surface area contributed by atoms with Gasteiger partial charge in [0.2, 0.25) is 5.78 Å². The summed E-state index contributed by atoms with van der Waals surface area (Å²) >= 11 is 0. The van der Waals surface area contributed by atoms with Crippen molar-refractivity contribution in [3.8, 4) is 0 Å². The molecule has 0 saturated carbocycles. The van der Waals surface area contributed by atoms with E-state index in [-0.39, 0.29) is 5.92 Å². The van der Waals surface area contributed by atoms with Crippen molar-refractivity contribution in [2.45, 2.75) is 39.8 Å². The Balaban J connectivity index is -0.000000221. The predicted molar refractivity (Wildman–Crippen MR) is 70.1 cm³/mol. The highest BCUT2D eigenvalue weighted by molar-refractivity contribution is 6.31. The molecular weight excluding hydrogens is 272 g/mol. The Bertz CT molecular complexity index is 328. The fourth-order valence-corrected chi connectivity index (χ4v) is 0.285. The molecule has 0 unspecified atom stereocenters. The summed E-state index contributed by atoms with van der Waals surface area (Å²) in [5.74, 6) is -4.08. The van der Waals surface area contributed by atoms with Gasteiger partial charge < -0.3 is 26.8 Å². The zero-order chi connectivity index (χ0) is 17.0. The van der Waals surface area contributed by atoms with Crippen LogP contribution < -0.4 is 11.5 Å². The lowest BCUT2D eigenvalue weighted by Crippen LogP contribution is -2.34. The van der Waals surface area contributed by atoms with Gasteiger partial charge in [-0.25, -0.2) is 4.79 Å². The lowest BCUT2D eigenvalue weighted by molar-refractivity contribution is -0.148. The maximum absolute atomic E-state index is 10.0. The first-order valence-corrected chi connectivity index (χ1v) is 5.55. The molecule has 9 heteroatoms. The first-order valence-electron chi connectivity index (χ1n) is 5.55. The van der Waals surface area contributed by atoms with Crippen LogP contribution in [0.15, 0.2) is 0 Å². The summed E-state index contributed by atoms with van der Waals surface area (Å²) < 4.78 is 0. The Labute approximate surface area is 116 Å². The predicted octanol–water partition coefficient (Wildman–Crippen LogP) is -0.867. The molecule has 0 rings (SSSR count). The molecule has 0 amide bonds. The lowest BCUT2D eigenvalue weighted by atomic mass is 10.1. The summed E-state index contributed by atoms with van der Waals surface area (Å²) in [6.45, 7) is 5.97. The second-order valence-electron chi connectivity index (χ2n) is 4.10. The van der Waals surface area contributed by atoms with Gasteiger partial charge in [0, 0.05) is 6.92 Å². The number of carbonyl (C=O) groups is 4. The third kappa shape index (κ3) is 18.4. The van der Waals surface area contributed by atoms with Gasteiger partial charge in [-0.15, -0.1) is 0 Å². The van der Waals surface area contributed by atoms with Crippen LogP contribution in [0.1, 0.15) is 27.7 Å². The third-order valence-electron chi connectivity index (χ3n) is 1.69. The van der Waals surface area contributed by atoms with E-state index >= 15 is 0 Å². The number of carbonyl (C=O) groups excluding carboxylic acids is 1. The molecule has 0 aromatic heterocycles. The van der Waals surface area contributed by atoms with Gasteiger partial charge in [0.15, 0.2) is 0 Å². The molecule has 9 nitrogen and oxygen atoms in total. The highest BCUT2D eigenvalue weighted by Crippen LogP contribution is 1.96. The number of Topliss-reactive ketones (excluding diaryl/α,β-unsaturated/α-hetero) is 1. The Morgan fingerprint density at radius 2 is 1.10 bits per heavy atom. The Hall–Kier alpha value is -2.00. The number of nitrogens with two attached hydrogens (primary N) is 2. The van der Waals surface area contributed by atoms with Crippen LogP contribution in [0, 0.1) is 5.92 Å². The molecule has 0 aliphatic rings. The van der Waals surface area contributed by atoms with Gasteiger partial charge in [-0.3, -0.25) is 14.4 Å². The number of carboxylic acids is 3. The monoisotopic (exact) mass is 294 g/mol. The molecule has 0 spiro atoms. The van der Waals surface area contributed by atoms with E-state index in [9.17, 15) is 19.2 Å². The summed E-state index contributed by atoms with van der Waals surface area (Å²) in [4.78, 5) is 38.5. The summed E-state index contributed by atoms with van der Waals surface area (Å²) in [5.41, 5.74) is 10.00. The molecule has 7 N–H and O–H groups in total. The van der Waals surface area contributed by atoms with E-state index in [2.05, 4.69) is 0 Å². The van der Waals surface area contributed by atoms with Crippen LogP contribution in [0.3, 0.4) is 0 Å². The van der Waals surface area contributed by atoms with Crippen molar-refractivity contribution in [3.63, 3.8) is 0 Å². The van der Waals surface area contributed by atoms with Crippen molar-refractivity contribution >= 4 is 23.7 Å². The summed E-state index contributed by atoms with van der Waals surface area (Å²) in [6, 6.07) is -1.44. The summed E-state index contributed by atoms with van der Waals surface area (Å²) in [7, 11) is 0. The molecule has 0 aliphatic carbocycles. The van der Waals surface area contributed by atoms with Crippen LogP contribution in [-0.4, -0.2) is 51.1 Å². The highest BCUT2D eigenvalue weighted by Gasteiger charge is 2.14. The van der Waals surface area contributed by atoms with Crippen molar-refractivity contribution in [2.75, 3.05) is 0 Å².